The number of aromatic amines is 1. The van der Waals surface area contributed by atoms with E-state index in [-0.39, 0.29) is 42.4 Å². The van der Waals surface area contributed by atoms with Gasteiger partial charge in [-0.15, -0.1) is 5.10 Å². The van der Waals surface area contributed by atoms with Gasteiger partial charge < -0.3 is 30.7 Å². The van der Waals surface area contributed by atoms with Crippen molar-refractivity contribution in [1.82, 2.24) is 25.4 Å². The van der Waals surface area contributed by atoms with Crippen LogP contribution in [0.25, 0.3) is 11.2 Å². The highest BCUT2D eigenvalue weighted by molar-refractivity contribution is 5.83. The van der Waals surface area contributed by atoms with Gasteiger partial charge in [-0.3, -0.25) is 0 Å². The number of nitrogens with one attached hydrogen (secondary N) is 3. The number of rotatable bonds is 8. The molecular formula is C17H23N7O4. The molecule has 0 bridgehead atoms. The highest BCUT2D eigenvalue weighted by atomic mass is 16.5. The smallest absolute Gasteiger partial charge is 0.227 e. The number of fused-ring (bicyclic) bond motifs is 1. The van der Waals surface area contributed by atoms with Gasteiger partial charge in [-0.05, 0) is 18.1 Å². The number of hydrogen-bond acceptors (Lipinski definition) is 10. The van der Waals surface area contributed by atoms with Crippen molar-refractivity contribution in [2.24, 2.45) is 5.92 Å². The molecule has 0 saturated carbocycles. The number of H-pyrrole nitrogens is 1. The quantitative estimate of drug-likeness (QED) is 0.309. The van der Waals surface area contributed by atoms with Gasteiger partial charge in [0.15, 0.2) is 28.5 Å². The zero-order chi connectivity index (χ0) is 20.3. The Labute approximate surface area is 160 Å². The Morgan fingerprint density at radius 3 is 2.64 bits per heavy atom. The molecule has 1 atom stereocenters. The van der Waals surface area contributed by atoms with Crippen LogP contribution in [0.3, 0.4) is 0 Å². The fourth-order valence-corrected chi connectivity index (χ4v) is 2.62. The first-order chi connectivity index (χ1) is 13.4. The predicted octanol–water partition coefficient (Wildman–Crippen LogP) is 1.21. The zero-order valence-corrected chi connectivity index (χ0v) is 15.8. The number of benzene rings is 1. The maximum atomic E-state index is 10.2. The van der Waals surface area contributed by atoms with Gasteiger partial charge in [-0.1, -0.05) is 19.1 Å². The van der Waals surface area contributed by atoms with Gasteiger partial charge in [-0.2, -0.15) is 9.97 Å². The number of ether oxygens (including phenoxy) is 1. The summed E-state index contributed by atoms with van der Waals surface area (Å²) in [5.41, 5.74) is 1.29. The molecular weight excluding hydrogens is 366 g/mol. The van der Waals surface area contributed by atoms with Gasteiger partial charge in [0.1, 0.15) is 0 Å². The third-order valence-corrected chi connectivity index (χ3v) is 4.37. The summed E-state index contributed by atoms with van der Waals surface area (Å²) in [7, 11) is 1.40. The first kappa shape index (κ1) is 19.4. The van der Waals surface area contributed by atoms with Gasteiger partial charge in [-0.25, -0.2) is 5.10 Å². The van der Waals surface area contributed by atoms with E-state index in [4.69, 9.17) is 4.74 Å². The van der Waals surface area contributed by atoms with Crippen molar-refractivity contribution in [1.29, 1.82) is 0 Å². The minimum absolute atomic E-state index is 0.0674. The van der Waals surface area contributed by atoms with Gasteiger partial charge in [0, 0.05) is 12.1 Å². The zero-order valence-electron chi connectivity index (χ0n) is 15.8. The Hall–Kier alpha value is -3.34. The largest absolute Gasteiger partial charge is 0.504 e. The lowest BCUT2D eigenvalue weighted by Gasteiger charge is -2.20. The molecule has 0 fully saturated rings. The average molecular weight is 389 g/mol. The molecule has 0 radical (unpaired) electrons. The minimum atomic E-state index is -0.332. The Morgan fingerprint density at radius 2 is 1.96 bits per heavy atom. The molecule has 11 nitrogen and oxygen atoms in total. The van der Waals surface area contributed by atoms with Crippen LogP contribution in [0.1, 0.15) is 19.4 Å². The van der Waals surface area contributed by atoms with Crippen LogP contribution in [-0.4, -0.2) is 60.5 Å². The third-order valence-electron chi connectivity index (χ3n) is 4.37. The molecule has 3 rings (SSSR count). The molecule has 3 aromatic rings. The number of aromatic nitrogens is 5. The molecule has 0 saturated heterocycles. The highest BCUT2D eigenvalue weighted by Gasteiger charge is 2.17. The van der Waals surface area contributed by atoms with E-state index in [1.807, 2.05) is 13.8 Å². The normalized spacial score (nSPS) is 12.3. The van der Waals surface area contributed by atoms with Crippen molar-refractivity contribution < 1.29 is 20.1 Å². The van der Waals surface area contributed by atoms with E-state index in [0.29, 0.717) is 28.5 Å². The average Bonchev–Trinajstić information content (AvgIpc) is 3.15. The summed E-state index contributed by atoms with van der Waals surface area (Å²) in [5.74, 6) is 0.418. The summed E-state index contributed by atoms with van der Waals surface area (Å²) in [5, 5.41) is 46.2. The number of phenols is 2. The van der Waals surface area contributed by atoms with Crippen LogP contribution < -0.4 is 15.4 Å². The molecule has 150 valence electrons. The second-order valence-electron chi connectivity index (χ2n) is 6.56. The monoisotopic (exact) mass is 389 g/mol. The lowest BCUT2D eigenvalue weighted by molar-refractivity contribution is 0.248. The Kier molecular flexibility index (Phi) is 5.64. The SMILES string of the molecule is COc1ccc(CNc2nc(NC(CO)C(C)C)nc3[nH]nnc23)c(O)c1O. The van der Waals surface area contributed by atoms with E-state index in [1.165, 1.54) is 7.11 Å². The topological polar surface area (TPSA) is 161 Å². The molecule has 6 N–H and O–H groups in total. The Bertz CT molecular complexity index is 960. The van der Waals surface area contributed by atoms with Crippen LogP contribution in [0.2, 0.25) is 0 Å². The Morgan fingerprint density at radius 1 is 1.18 bits per heavy atom. The van der Waals surface area contributed by atoms with Crippen molar-refractivity contribution in [3.8, 4) is 17.2 Å². The fraction of sp³-hybridized carbons (Fsp3) is 0.412. The van der Waals surface area contributed by atoms with Crippen molar-refractivity contribution >= 4 is 22.9 Å². The molecule has 2 heterocycles. The Balaban J connectivity index is 1.86. The fourth-order valence-electron chi connectivity index (χ4n) is 2.62. The van der Waals surface area contributed by atoms with Crippen molar-refractivity contribution in [3.05, 3.63) is 17.7 Å². The number of phenolic OH excluding ortho intramolecular Hbond substituents is 2. The van der Waals surface area contributed by atoms with Gasteiger partial charge >= 0.3 is 0 Å². The van der Waals surface area contributed by atoms with Gasteiger partial charge in [0.05, 0.1) is 19.8 Å². The van der Waals surface area contributed by atoms with Crippen LogP contribution in [0.5, 0.6) is 17.2 Å². The number of methoxy groups -OCH3 is 1. The summed E-state index contributed by atoms with van der Waals surface area (Å²) >= 11 is 0. The number of aliphatic hydroxyl groups is 1. The standard InChI is InChI=1S/C17H23N7O4/c1-8(2)10(7-25)19-17-20-15(12-16(21-17)23-24-22-12)18-6-9-4-5-11(28-3)14(27)13(9)26/h4-5,8,10,25-27H,6-7H2,1-3H3,(H3,18,19,20,21,22,23,24). The molecule has 11 heteroatoms. The molecule has 2 aromatic heterocycles. The number of aliphatic hydroxyl groups excluding tert-OH is 1. The third kappa shape index (κ3) is 3.83. The van der Waals surface area contributed by atoms with Crippen LogP contribution in [0.4, 0.5) is 11.8 Å². The van der Waals surface area contributed by atoms with Crippen LogP contribution in [0.15, 0.2) is 12.1 Å². The molecule has 0 aliphatic heterocycles. The van der Waals surface area contributed by atoms with E-state index >= 15 is 0 Å². The van der Waals surface area contributed by atoms with Gasteiger partial charge in [0.2, 0.25) is 11.7 Å². The van der Waals surface area contributed by atoms with E-state index in [0.717, 1.165) is 0 Å². The summed E-state index contributed by atoms with van der Waals surface area (Å²) in [6, 6.07) is 2.96. The predicted molar refractivity (Wildman–Crippen MR) is 102 cm³/mol. The van der Waals surface area contributed by atoms with Crippen molar-refractivity contribution in [2.45, 2.75) is 26.4 Å². The summed E-state index contributed by atoms with van der Waals surface area (Å²) in [4.78, 5) is 8.72. The lowest BCUT2D eigenvalue weighted by Crippen LogP contribution is -2.30. The molecule has 0 spiro atoms. The van der Waals surface area contributed by atoms with E-state index in [9.17, 15) is 15.3 Å². The molecule has 28 heavy (non-hydrogen) atoms. The van der Waals surface area contributed by atoms with Crippen LogP contribution >= 0.6 is 0 Å². The second kappa shape index (κ2) is 8.13. The maximum absolute atomic E-state index is 10.2. The highest BCUT2D eigenvalue weighted by Crippen LogP contribution is 2.38. The summed E-state index contributed by atoms with van der Waals surface area (Å²) in [6.45, 7) is 4.04. The van der Waals surface area contributed by atoms with Crippen molar-refractivity contribution in [3.63, 3.8) is 0 Å². The van der Waals surface area contributed by atoms with E-state index < -0.39 is 0 Å². The lowest BCUT2D eigenvalue weighted by atomic mass is 10.1. The van der Waals surface area contributed by atoms with Crippen LogP contribution in [0, 0.1) is 5.92 Å². The maximum Gasteiger partial charge on any atom is 0.227 e. The first-order valence-electron chi connectivity index (χ1n) is 8.72. The molecule has 0 amide bonds. The number of aromatic hydroxyl groups is 2. The minimum Gasteiger partial charge on any atom is -0.504 e. The molecule has 0 aliphatic carbocycles. The van der Waals surface area contributed by atoms with Gasteiger partial charge in [0.25, 0.3) is 0 Å². The van der Waals surface area contributed by atoms with E-state index in [2.05, 4.69) is 36.0 Å². The van der Waals surface area contributed by atoms with Crippen LogP contribution in [-0.2, 0) is 6.54 Å². The molecule has 1 unspecified atom stereocenters. The number of anilines is 2. The summed E-state index contributed by atoms with van der Waals surface area (Å²) < 4.78 is 4.97. The summed E-state index contributed by atoms with van der Waals surface area (Å²) in [6.07, 6.45) is 0. The molecule has 1 aromatic carbocycles. The van der Waals surface area contributed by atoms with Crippen molar-refractivity contribution in [2.75, 3.05) is 24.4 Å². The molecule has 0 aliphatic rings. The first-order valence-corrected chi connectivity index (χ1v) is 8.72. The number of hydrogen-bond donors (Lipinski definition) is 6. The van der Waals surface area contributed by atoms with E-state index in [1.54, 1.807) is 12.1 Å². The second-order valence-corrected chi connectivity index (χ2v) is 6.56. The number of nitrogens with zero attached hydrogens (tertiary/aromatic N) is 4.